The molecule has 1 unspecified atom stereocenters. The minimum Gasteiger partial charge on any atom is -0.475 e. The zero-order valence-electron chi connectivity index (χ0n) is 13.6. The smallest absolute Gasteiger partial charge is 0.416 e. The summed E-state index contributed by atoms with van der Waals surface area (Å²) in [7, 11) is -0.00132. The Morgan fingerprint density at radius 1 is 1.16 bits per heavy atom. The van der Waals surface area contributed by atoms with E-state index in [0.29, 0.717) is 28.3 Å². The molecule has 132 valence electrons. The third-order valence-electron chi connectivity index (χ3n) is 3.83. The molecule has 0 N–H and O–H groups in total. The van der Waals surface area contributed by atoms with Crippen molar-refractivity contribution in [3.63, 3.8) is 0 Å². The molecule has 0 saturated carbocycles. The van der Waals surface area contributed by atoms with Crippen LogP contribution in [-0.2, 0) is 10.9 Å². The molecule has 25 heavy (non-hydrogen) atoms. The average molecular weight is 369 g/mol. The van der Waals surface area contributed by atoms with Gasteiger partial charge in [0, 0.05) is 5.56 Å². The van der Waals surface area contributed by atoms with Gasteiger partial charge >= 0.3 is 6.18 Å². The summed E-state index contributed by atoms with van der Waals surface area (Å²) in [5, 5.41) is 1.35. The SMILES string of the molecule is Cc1ccc(Pc2ccc(C(F)(F)F)cc2C2=N[C@@H](C)CO2)cc1F. The fourth-order valence-corrected chi connectivity index (χ4v) is 3.61. The first-order valence-corrected chi connectivity index (χ1v) is 8.69. The van der Waals surface area contributed by atoms with Gasteiger partial charge < -0.3 is 4.74 Å². The van der Waals surface area contributed by atoms with Crippen LogP contribution in [0.4, 0.5) is 17.6 Å². The number of nitrogens with zero attached hydrogens (tertiary/aromatic N) is 1. The molecule has 2 aromatic carbocycles. The lowest BCUT2D eigenvalue weighted by atomic mass is 10.1. The van der Waals surface area contributed by atoms with Crippen LogP contribution in [0.3, 0.4) is 0 Å². The van der Waals surface area contributed by atoms with Crippen molar-refractivity contribution in [2.75, 3.05) is 6.61 Å². The van der Waals surface area contributed by atoms with Crippen LogP contribution < -0.4 is 10.6 Å². The van der Waals surface area contributed by atoms with Gasteiger partial charge in [0.15, 0.2) is 0 Å². The monoisotopic (exact) mass is 369 g/mol. The van der Waals surface area contributed by atoms with Crippen LogP contribution in [0.15, 0.2) is 41.4 Å². The highest BCUT2D eigenvalue weighted by molar-refractivity contribution is 7.55. The number of hydrogen-bond acceptors (Lipinski definition) is 2. The van der Waals surface area contributed by atoms with Crippen molar-refractivity contribution in [2.45, 2.75) is 26.1 Å². The summed E-state index contributed by atoms with van der Waals surface area (Å²) in [4.78, 5) is 4.27. The van der Waals surface area contributed by atoms with Crippen LogP contribution in [0.5, 0.6) is 0 Å². The predicted molar refractivity (Wildman–Crippen MR) is 92.1 cm³/mol. The van der Waals surface area contributed by atoms with Gasteiger partial charge in [-0.25, -0.2) is 9.38 Å². The molecule has 0 saturated heterocycles. The molecule has 1 heterocycles. The Hall–Kier alpha value is -1.94. The van der Waals surface area contributed by atoms with E-state index < -0.39 is 11.7 Å². The summed E-state index contributed by atoms with van der Waals surface area (Å²) in [6.07, 6.45) is -4.45. The molecule has 0 bridgehead atoms. The molecule has 1 aliphatic rings. The Kier molecular flexibility index (Phi) is 4.83. The normalized spacial score (nSPS) is 17.8. The van der Waals surface area contributed by atoms with Crippen molar-refractivity contribution in [1.29, 1.82) is 0 Å². The van der Waals surface area contributed by atoms with Gasteiger partial charge in [-0.1, -0.05) is 26.8 Å². The molecule has 0 aromatic heterocycles. The number of aliphatic imine (C=N–C) groups is 1. The Labute approximate surface area is 144 Å². The molecule has 0 radical (unpaired) electrons. The van der Waals surface area contributed by atoms with Gasteiger partial charge in [-0.05, 0) is 48.2 Å². The molecule has 7 heteroatoms. The zero-order valence-corrected chi connectivity index (χ0v) is 14.6. The minimum atomic E-state index is -4.45. The van der Waals surface area contributed by atoms with Crippen molar-refractivity contribution >= 4 is 25.1 Å². The van der Waals surface area contributed by atoms with Crippen LogP contribution in [0.1, 0.15) is 23.6 Å². The number of benzene rings is 2. The van der Waals surface area contributed by atoms with Crippen LogP contribution in [-0.4, -0.2) is 18.5 Å². The van der Waals surface area contributed by atoms with E-state index in [4.69, 9.17) is 4.74 Å². The Bertz CT molecular complexity index is 832. The highest BCUT2D eigenvalue weighted by Crippen LogP contribution is 2.31. The van der Waals surface area contributed by atoms with Crippen LogP contribution in [0.25, 0.3) is 0 Å². The minimum absolute atomic E-state index is 0.00132. The lowest BCUT2D eigenvalue weighted by Gasteiger charge is -2.14. The standard InChI is InChI=1S/C18H16F4NOP/c1-10-3-5-13(8-15(10)19)25-16-6-4-12(18(20,21)22)7-14(16)17-23-11(2)9-24-17/h3-8,11,25H,9H2,1-2H3/t11-/m0/s1. The predicted octanol–water partition coefficient (Wildman–Crippen LogP) is 3.95. The van der Waals surface area contributed by atoms with Crippen molar-refractivity contribution in [2.24, 2.45) is 4.99 Å². The Morgan fingerprint density at radius 2 is 1.92 bits per heavy atom. The largest absolute Gasteiger partial charge is 0.475 e. The molecule has 0 amide bonds. The fraction of sp³-hybridized carbons (Fsp3) is 0.278. The molecular weight excluding hydrogens is 353 g/mol. The highest BCUT2D eigenvalue weighted by Gasteiger charge is 2.32. The molecule has 3 rings (SSSR count). The lowest BCUT2D eigenvalue weighted by molar-refractivity contribution is -0.137. The Balaban J connectivity index is 2.02. The molecule has 2 atom stereocenters. The summed E-state index contributed by atoms with van der Waals surface area (Å²) >= 11 is 0. The van der Waals surface area contributed by atoms with Crippen molar-refractivity contribution in [1.82, 2.24) is 0 Å². The molecule has 0 fully saturated rings. The van der Waals surface area contributed by atoms with E-state index in [1.807, 2.05) is 6.92 Å². The van der Waals surface area contributed by atoms with E-state index in [0.717, 1.165) is 12.1 Å². The topological polar surface area (TPSA) is 21.6 Å². The molecular formula is C18H16F4NOP. The zero-order chi connectivity index (χ0) is 18.2. The van der Waals surface area contributed by atoms with Crippen molar-refractivity contribution in [3.05, 3.63) is 58.9 Å². The first-order chi connectivity index (χ1) is 11.7. The lowest BCUT2D eigenvalue weighted by Crippen LogP contribution is -2.18. The number of ether oxygens (including phenoxy) is 1. The maximum atomic E-state index is 13.8. The quantitative estimate of drug-likeness (QED) is 0.593. The molecule has 0 aliphatic carbocycles. The van der Waals surface area contributed by atoms with E-state index in [2.05, 4.69) is 4.99 Å². The molecule has 2 nitrogen and oxygen atoms in total. The number of alkyl halides is 3. The highest BCUT2D eigenvalue weighted by atomic mass is 31.1. The number of halogens is 4. The van der Waals surface area contributed by atoms with Gasteiger partial charge in [0.2, 0.25) is 5.90 Å². The molecule has 0 spiro atoms. The second-order valence-corrected chi connectivity index (χ2v) is 7.31. The number of hydrogen-bond donors (Lipinski definition) is 0. The second-order valence-electron chi connectivity index (χ2n) is 5.94. The van der Waals surface area contributed by atoms with E-state index in [9.17, 15) is 17.6 Å². The first-order valence-electron chi connectivity index (χ1n) is 7.69. The third kappa shape index (κ3) is 4.01. The van der Waals surface area contributed by atoms with Crippen molar-refractivity contribution < 1.29 is 22.3 Å². The first kappa shape index (κ1) is 17.9. The van der Waals surface area contributed by atoms with Gasteiger partial charge in [0.25, 0.3) is 0 Å². The van der Waals surface area contributed by atoms with Crippen LogP contribution in [0.2, 0.25) is 0 Å². The summed E-state index contributed by atoms with van der Waals surface area (Å²) < 4.78 is 58.4. The second kappa shape index (κ2) is 6.75. The van der Waals surface area contributed by atoms with E-state index >= 15 is 0 Å². The van der Waals surface area contributed by atoms with E-state index in [1.54, 1.807) is 19.1 Å². The van der Waals surface area contributed by atoms with Gasteiger partial charge in [0.05, 0.1) is 11.6 Å². The van der Waals surface area contributed by atoms with Gasteiger partial charge in [-0.15, -0.1) is 0 Å². The van der Waals surface area contributed by atoms with Crippen molar-refractivity contribution in [3.8, 4) is 0 Å². The Morgan fingerprint density at radius 3 is 2.52 bits per heavy atom. The summed E-state index contributed by atoms with van der Waals surface area (Å²) in [6, 6.07) is 8.26. The molecule has 2 aromatic rings. The third-order valence-corrected chi connectivity index (χ3v) is 5.13. The summed E-state index contributed by atoms with van der Waals surface area (Å²) in [6.45, 7) is 3.83. The van der Waals surface area contributed by atoms with E-state index in [-0.39, 0.29) is 26.3 Å². The van der Waals surface area contributed by atoms with Gasteiger partial charge in [0.1, 0.15) is 12.4 Å². The van der Waals surface area contributed by atoms with Gasteiger partial charge in [-0.3, -0.25) is 0 Å². The maximum Gasteiger partial charge on any atom is 0.416 e. The maximum absolute atomic E-state index is 13.8. The number of aryl methyl sites for hydroxylation is 1. The van der Waals surface area contributed by atoms with E-state index in [1.165, 1.54) is 12.1 Å². The number of rotatable bonds is 3. The van der Waals surface area contributed by atoms with Gasteiger partial charge in [-0.2, -0.15) is 13.2 Å². The van der Waals surface area contributed by atoms with Crippen LogP contribution >= 0.6 is 8.58 Å². The van der Waals surface area contributed by atoms with Crippen LogP contribution in [0, 0.1) is 12.7 Å². The summed E-state index contributed by atoms with van der Waals surface area (Å²) in [5.41, 5.74) is 0.0917. The molecule has 1 aliphatic heterocycles. The summed E-state index contributed by atoms with van der Waals surface area (Å²) in [5.74, 6) is -0.116. The fourth-order valence-electron chi connectivity index (χ4n) is 2.45. The average Bonchev–Trinajstić information content (AvgIpc) is 2.96.